The Morgan fingerprint density at radius 1 is 1.43 bits per heavy atom. The number of nitrogens with zero attached hydrogens (tertiary/aromatic N) is 2. The number of halogens is 3. The highest BCUT2D eigenvalue weighted by Crippen LogP contribution is 2.44. The van der Waals surface area contributed by atoms with Crippen LogP contribution in [-0.2, 0) is 4.74 Å². The molecule has 1 aromatic carbocycles. The highest BCUT2D eigenvalue weighted by Gasteiger charge is 2.47. The Morgan fingerprint density at radius 2 is 2.27 bits per heavy atom. The van der Waals surface area contributed by atoms with E-state index in [9.17, 15) is 18.0 Å². The van der Waals surface area contributed by atoms with Gasteiger partial charge in [0.15, 0.2) is 6.04 Å². The van der Waals surface area contributed by atoms with Crippen molar-refractivity contribution in [1.29, 1.82) is 0 Å². The maximum atomic E-state index is 13.8. The Hall–Kier alpha value is -2.75. The van der Waals surface area contributed by atoms with Crippen molar-refractivity contribution in [1.82, 2.24) is 15.1 Å². The zero-order valence-corrected chi connectivity index (χ0v) is 16.4. The van der Waals surface area contributed by atoms with Gasteiger partial charge in [-0.3, -0.25) is 4.79 Å². The molecule has 2 aliphatic rings. The van der Waals surface area contributed by atoms with E-state index in [1.165, 1.54) is 13.3 Å². The molecule has 30 heavy (non-hydrogen) atoms. The SMILES string of the molecule is COc1cccc([C@H]2C[C@H](C(F)(F)F)n3ncc(C(=O)NC[C@@H]4CCCO4)c3N2)c1. The van der Waals surface area contributed by atoms with Gasteiger partial charge < -0.3 is 20.1 Å². The average Bonchev–Trinajstić information content (AvgIpc) is 3.40. The van der Waals surface area contributed by atoms with Crippen LogP contribution in [0.4, 0.5) is 19.0 Å². The number of hydrogen-bond donors (Lipinski definition) is 2. The van der Waals surface area contributed by atoms with Crippen LogP contribution in [0.5, 0.6) is 5.75 Å². The maximum absolute atomic E-state index is 13.8. The summed E-state index contributed by atoms with van der Waals surface area (Å²) in [6, 6.07) is 4.37. The third-order valence-corrected chi connectivity index (χ3v) is 5.49. The van der Waals surface area contributed by atoms with Gasteiger partial charge in [0.1, 0.15) is 17.1 Å². The summed E-state index contributed by atoms with van der Waals surface area (Å²) in [5, 5.41) is 9.71. The quantitative estimate of drug-likeness (QED) is 0.769. The average molecular weight is 424 g/mol. The van der Waals surface area contributed by atoms with Gasteiger partial charge in [-0.15, -0.1) is 0 Å². The molecule has 1 amide bonds. The number of amides is 1. The molecule has 1 fully saturated rings. The second kappa shape index (κ2) is 8.17. The molecule has 0 radical (unpaired) electrons. The predicted molar refractivity (Wildman–Crippen MR) is 103 cm³/mol. The fourth-order valence-corrected chi connectivity index (χ4v) is 3.91. The van der Waals surface area contributed by atoms with E-state index in [1.54, 1.807) is 24.3 Å². The fraction of sp³-hybridized carbons (Fsp3) is 0.500. The number of ether oxygens (including phenoxy) is 2. The lowest BCUT2D eigenvalue weighted by Crippen LogP contribution is -2.37. The van der Waals surface area contributed by atoms with E-state index in [-0.39, 0.29) is 23.9 Å². The standard InChI is InChI=1S/C20H23F3N4O3/c1-29-13-5-2-4-12(8-13)16-9-17(20(21,22)23)27-18(26-16)15(11-25-27)19(28)24-10-14-6-3-7-30-14/h2,4-5,8,11,14,16-17,26H,3,6-7,9-10H2,1H3,(H,24,28)/t14-,16+,17+/m0/s1. The van der Waals surface area contributed by atoms with Gasteiger partial charge in [0.05, 0.1) is 25.5 Å². The number of methoxy groups -OCH3 is 1. The lowest BCUT2D eigenvalue weighted by Gasteiger charge is -2.34. The largest absolute Gasteiger partial charge is 0.497 e. The smallest absolute Gasteiger partial charge is 0.410 e. The maximum Gasteiger partial charge on any atom is 0.410 e. The first-order valence-electron chi connectivity index (χ1n) is 9.81. The minimum absolute atomic E-state index is 0.0567. The second-order valence-electron chi connectivity index (χ2n) is 7.46. The van der Waals surface area contributed by atoms with Crippen LogP contribution in [0.25, 0.3) is 0 Å². The fourth-order valence-electron chi connectivity index (χ4n) is 3.91. The van der Waals surface area contributed by atoms with Gasteiger partial charge in [-0.2, -0.15) is 18.3 Å². The molecule has 0 saturated carbocycles. The molecule has 1 saturated heterocycles. The predicted octanol–water partition coefficient (Wildman–Crippen LogP) is 3.46. The Bertz CT molecular complexity index is 909. The minimum atomic E-state index is -4.51. The number of carbonyl (C=O) groups excluding carboxylic acids is 1. The highest BCUT2D eigenvalue weighted by molar-refractivity contribution is 5.98. The number of anilines is 1. The normalized spacial score (nSPS) is 23.5. The summed E-state index contributed by atoms with van der Waals surface area (Å²) in [5.74, 6) is 0.124. The molecule has 0 spiro atoms. The summed E-state index contributed by atoms with van der Waals surface area (Å²) in [7, 11) is 1.50. The summed E-state index contributed by atoms with van der Waals surface area (Å²) in [6.07, 6.45) is -1.87. The van der Waals surface area contributed by atoms with Crippen LogP contribution in [0.2, 0.25) is 0 Å². The topological polar surface area (TPSA) is 77.4 Å². The van der Waals surface area contributed by atoms with Crippen molar-refractivity contribution in [3.8, 4) is 5.75 Å². The van der Waals surface area contributed by atoms with Crippen LogP contribution < -0.4 is 15.4 Å². The number of benzene rings is 1. The van der Waals surface area contributed by atoms with E-state index in [2.05, 4.69) is 15.7 Å². The van der Waals surface area contributed by atoms with E-state index in [0.29, 0.717) is 24.5 Å². The molecule has 2 aliphatic heterocycles. The van der Waals surface area contributed by atoms with Crippen LogP contribution in [0.15, 0.2) is 30.5 Å². The first-order valence-corrected chi connectivity index (χ1v) is 9.81. The number of aromatic nitrogens is 2. The van der Waals surface area contributed by atoms with E-state index >= 15 is 0 Å². The van der Waals surface area contributed by atoms with E-state index in [0.717, 1.165) is 17.5 Å². The van der Waals surface area contributed by atoms with Crippen LogP contribution in [0, 0.1) is 0 Å². The van der Waals surface area contributed by atoms with Gasteiger partial charge in [-0.25, -0.2) is 4.68 Å². The number of hydrogen-bond acceptors (Lipinski definition) is 5. The molecule has 7 nitrogen and oxygen atoms in total. The van der Waals surface area contributed by atoms with Gasteiger partial charge in [0.2, 0.25) is 0 Å². The van der Waals surface area contributed by atoms with E-state index in [4.69, 9.17) is 9.47 Å². The molecule has 162 valence electrons. The lowest BCUT2D eigenvalue weighted by molar-refractivity contribution is -0.173. The Balaban J connectivity index is 1.61. The number of rotatable bonds is 5. The van der Waals surface area contributed by atoms with Crippen molar-refractivity contribution < 1.29 is 27.4 Å². The third-order valence-electron chi connectivity index (χ3n) is 5.49. The summed E-state index contributed by atoms with van der Waals surface area (Å²) in [4.78, 5) is 12.7. The van der Waals surface area contributed by atoms with Gasteiger partial charge in [0, 0.05) is 19.6 Å². The third kappa shape index (κ3) is 4.09. The molecule has 2 N–H and O–H groups in total. The molecule has 4 rings (SSSR count). The Labute approximate surface area is 171 Å². The van der Waals surface area contributed by atoms with Gasteiger partial charge >= 0.3 is 6.18 Å². The van der Waals surface area contributed by atoms with Crippen molar-refractivity contribution in [3.05, 3.63) is 41.6 Å². The highest BCUT2D eigenvalue weighted by atomic mass is 19.4. The zero-order valence-electron chi connectivity index (χ0n) is 16.4. The summed E-state index contributed by atoms with van der Waals surface area (Å²) in [6.45, 7) is 0.965. The van der Waals surface area contributed by atoms with Crippen LogP contribution in [0.3, 0.4) is 0 Å². The molecule has 1 aromatic heterocycles. The Morgan fingerprint density at radius 3 is 2.97 bits per heavy atom. The zero-order chi connectivity index (χ0) is 21.3. The molecular weight excluding hydrogens is 401 g/mol. The van der Waals surface area contributed by atoms with Crippen molar-refractivity contribution in [2.45, 2.75) is 43.6 Å². The number of nitrogens with one attached hydrogen (secondary N) is 2. The van der Waals surface area contributed by atoms with Crippen LogP contribution in [0.1, 0.15) is 47.3 Å². The molecule has 10 heteroatoms. The minimum Gasteiger partial charge on any atom is -0.497 e. The van der Waals surface area contributed by atoms with E-state index < -0.39 is 24.2 Å². The van der Waals surface area contributed by atoms with Crippen LogP contribution >= 0.6 is 0 Å². The molecule has 0 unspecified atom stereocenters. The lowest BCUT2D eigenvalue weighted by atomic mass is 9.96. The molecule has 3 heterocycles. The monoisotopic (exact) mass is 424 g/mol. The van der Waals surface area contributed by atoms with Crippen LogP contribution in [-0.4, -0.2) is 48.2 Å². The molecule has 0 bridgehead atoms. The van der Waals surface area contributed by atoms with Crippen molar-refractivity contribution in [2.24, 2.45) is 0 Å². The Kier molecular flexibility index (Phi) is 5.59. The first kappa shape index (κ1) is 20.5. The molecule has 3 atom stereocenters. The second-order valence-corrected chi connectivity index (χ2v) is 7.46. The van der Waals surface area contributed by atoms with Crippen molar-refractivity contribution >= 4 is 11.7 Å². The number of carbonyl (C=O) groups is 1. The summed E-state index contributed by atoms with van der Waals surface area (Å²) < 4.78 is 52.9. The van der Waals surface area contributed by atoms with Crippen molar-refractivity contribution in [3.63, 3.8) is 0 Å². The van der Waals surface area contributed by atoms with E-state index in [1.807, 2.05) is 0 Å². The molecule has 0 aliphatic carbocycles. The summed E-state index contributed by atoms with van der Waals surface area (Å²) >= 11 is 0. The number of alkyl halides is 3. The summed E-state index contributed by atoms with van der Waals surface area (Å²) in [5.41, 5.74) is 0.719. The van der Waals surface area contributed by atoms with Gasteiger partial charge in [0.25, 0.3) is 5.91 Å². The molecule has 2 aromatic rings. The van der Waals surface area contributed by atoms with Gasteiger partial charge in [-0.1, -0.05) is 12.1 Å². The van der Waals surface area contributed by atoms with Crippen molar-refractivity contribution in [2.75, 3.05) is 25.6 Å². The molecular formula is C20H23F3N4O3. The number of fused-ring (bicyclic) bond motifs is 1. The van der Waals surface area contributed by atoms with Gasteiger partial charge in [-0.05, 0) is 30.5 Å². The first-order chi connectivity index (χ1) is 14.4.